The summed E-state index contributed by atoms with van der Waals surface area (Å²) in [6.45, 7) is 5.73. The van der Waals surface area contributed by atoms with Crippen LogP contribution in [0.15, 0.2) is 17.2 Å². The number of rotatable bonds is 3. The Labute approximate surface area is 88.1 Å². The monoisotopic (exact) mass is 210 g/mol. The average molecular weight is 210 g/mol. The molecule has 76 valence electrons. The molecule has 1 rings (SSSR count). The highest BCUT2D eigenvalue weighted by Gasteiger charge is 2.11. The molecule has 0 fully saturated rings. The summed E-state index contributed by atoms with van der Waals surface area (Å²) in [4.78, 5) is 15.2. The number of primary amides is 1. The molecule has 1 unspecified atom stereocenters. The van der Waals surface area contributed by atoms with E-state index in [2.05, 4.69) is 4.98 Å². The molecule has 0 spiro atoms. The number of pyridine rings is 1. The molecule has 14 heavy (non-hydrogen) atoms. The average Bonchev–Trinajstić information content (AvgIpc) is 2.01. The van der Waals surface area contributed by atoms with Crippen molar-refractivity contribution in [3.05, 3.63) is 23.4 Å². The molecule has 1 heterocycles. The van der Waals surface area contributed by atoms with E-state index in [0.29, 0.717) is 0 Å². The highest BCUT2D eigenvalue weighted by Crippen LogP contribution is 2.22. The first kappa shape index (κ1) is 11.0. The Balaban J connectivity index is 2.81. The first-order valence-corrected chi connectivity index (χ1v) is 5.28. The number of thioether (sulfide) groups is 1. The third-order valence-corrected chi connectivity index (χ3v) is 2.81. The van der Waals surface area contributed by atoms with Crippen LogP contribution in [0.4, 0.5) is 0 Å². The van der Waals surface area contributed by atoms with Gasteiger partial charge in [-0.2, -0.15) is 0 Å². The highest BCUT2D eigenvalue weighted by molar-refractivity contribution is 8.00. The van der Waals surface area contributed by atoms with Crippen molar-refractivity contribution in [3.63, 3.8) is 0 Å². The zero-order valence-corrected chi connectivity index (χ0v) is 9.39. The first-order valence-electron chi connectivity index (χ1n) is 4.40. The van der Waals surface area contributed by atoms with E-state index < -0.39 is 0 Å². The van der Waals surface area contributed by atoms with Crippen molar-refractivity contribution in [3.8, 4) is 0 Å². The zero-order valence-electron chi connectivity index (χ0n) is 8.57. The SMILES string of the molecule is Cc1cc(C)nc(SC(C)C(N)=O)c1. The summed E-state index contributed by atoms with van der Waals surface area (Å²) < 4.78 is 0. The van der Waals surface area contributed by atoms with Crippen molar-refractivity contribution in [2.24, 2.45) is 5.73 Å². The van der Waals surface area contributed by atoms with E-state index in [4.69, 9.17) is 5.73 Å². The van der Waals surface area contributed by atoms with E-state index in [9.17, 15) is 4.79 Å². The third kappa shape index (κ3) is 3.03. The lowest BCUT2D eigenvalue weighted by Gasteiger charge is -2.07. The molecule has 0 aliphatic carbocycles. The third-order valence-electron chi connectivity index (χ3n) is 1.77. The lowest BCUT2D eigenvalue weighted by molar-refractivity contribution is -0.117. The van der Waals surface area contributed by atoms with Crippen molar-refractivity contribution in [2.45, 2.75) is 31.0 Å². The summed E-state index contributed by atoms with van der Waals surface area (Å²) in [5, 5.41) is 0.623. The summed E-state index contributed by atoms with van der Waals surface area (Å²) >= 11 is 1.39. The van der Waals surface area contributed by atoms with Gasteiger partial charge >= 0.3 is 0 Å². The van der Waals surface area contributed by atoms with Crippen LogP contribution in [-0.2, 0) is 4.79 Å². The maximum Gasteiger partial charge on any atom is 0.230 e. The maximum absolute atomic E-state index is 10.8. The van der Waals surface area contributed by atoms with Crippen LogP contribution in [0.3, 0.4) is 0 Å². The normalized spacial score (nSPS) is 12.5. The molecule has 0 saturated heterocycles. The zero-order chi connectivity index (χ0) is 10.7. The number of amides is 1. The topological polar surface area (TPSA) is 56.0 Å². The van der Waals surface area contributed by atoms with Crippen LogP contribution in [0.1, 0.15) is 18.2 Å². The predicted octanol–water partition coefficient (Wildman–Crippen LogP) is 1.66. The molecule has 0 bridgehead atoms. The maximum atomic E-state index is 10.8. The molecule has 3 nitrogen and oxygen atoms in total. The van der Waals surface area contributed by atoms with E-state index in [1.807, 2.05) is 26.0 Å². The van der Waals surface area contributed by atoms with Gasteiger partial charge in [-0.25, -0.2) is 4.98 Å². The number of hydrogen-bond acceptors (Lipinski definition) is 3. The number of hydrogen-bond donors (Lipinski definition) is 1. The Bertz CT molecular complexity index is 332. The fraction of sp³-hybridized carbons (Fsp3) is 0.400. The van der Waals surface area contributed by atoms with Crippen molar-refractivity contribution in [1.29, 1.82) is 0 Å². The minimum absolute atomic E-state index is 0.233. The van der Waals surface area contributed by atoms with E-state index in [1.165, 1.54) is 11.8 Å². The summed E-state index contributed by atoms with van der Waals surface area (Å²) in [5.74, 6) is -0.309. The molecule has 0 aromatic carbocycles. The highest BCUT2D eigenvalue weighted by atomic mass is 32.2. The smallest absolute Gasteiger partial charge is 0.230 e. The Hall–Kier alpha value is -1.03. The summed E-state index contributed by atoms with van der Waals surface area (Å²) in [6, 6.07) is 3.95. The molecule has 1 atom stereocenters. The molecule has 1 amide bonds. The van der Waals surface area contributed by atoms with Crippen molar-refractivity contribution in [2.75, 3.05) is 0 Å². The van der Waals surface area contributed by atoms with Gasteiger partial charge < -0.3 is 5.73 Å². The number of aryl methyl sites for hydroxylation is 2. The predicted molar refractivity (Wildman–Crippen MR) is 58.2 cm³/mol. The van der Waals surface area contributed by atoms with E-state index in [0.717, 1.165) is 16.3 Å². The Morgan fingerprint density at radius 1 is 1.50 bits per heavy atom. The molecule has 0 aliphatic heterocycles. The largest absolute Gasteiger partial charge is 0.369 e. The van der Waals surface area contributed by atoms with Gasteiger partial charge in [0.05, 0.1) is 10.3 Å². The molecule has 4 heteroatoms. The van der Waals surface area contributed by atoms with Gasteiger partial charge in [0.15, 0.2) is 0 Å². The quantitative estimate of drug-likeness (QED) is 0.772. The fourth-order valence-electron chi connectivity index (χ4n) is 1.10. The number of carbonyl (C=O) groups excluding carboxylic acids is 1. The van der Waals surface area contributed by atoms with Crippen LogP contribution in [0.2, 0.25) is 0 Å². The molecule has 0 radical (unpaired) electrons. The fourth-order valence-corrected chi connectivity index (χ4v) is 2.03. The Morgan fingerprint density at radius 3 is 2.64 bits per heavy atom. The molecule has 0 aliphatic rings. The van der Waals surface area contributed by atoms with Crippen LogP contribution < -0.4 is 5.73 Å². The van der Waals surface area contributed by atoms with Gasteiger partial charge in [-0.05, 0) is 38.5 Å². The van der Waals surface area contributed by atoms with E-state index in [-0.39, 0.29) is 11.2 Å². The lowest BCUT2D eigenvalue weighted by Crippen LogP contribution is -2.22. The summed E-state index contributed by atoms with van der Waals surface area (Å²) in [5.41, 5.74) is 7.28. The summed E-state index contributed by atoms with van der Waals surface area (Å²) in [6.07, 6.45) is 0. The molecule has 1 aromatic heterocycles. The first-order chi connectivity index (χ1) is 6.49. The van der Waals surface area contributed by atoms with Crippen molar-refractivity contribution in [1.82, 2.24) is 4.98 Å². The molecule has 1 aromatic rings. The minimum Gasteiger partial charge on any atom is -0.369 e. The van der Waals surface area contributed by atoms with Gasteiger partial charge in [0.1, 0.15) is 0 Å². The Kier molecular flexibility index (Phi) is 3.52. The van der Waals surface area contributed by atoms with Gasteiger partial charge in [-0.15, -0.1) is 0 Å². The lowest BCUT2D eigenvalue weighted by atomic mass is 10.3. The van der Waals surface area contributed by atoms with E-state index in [1.54, 1.807) is 6.92 Å². The molecule has 2 N–H and O–H groups in total. The second kappa shape index (κ2) is 4.46. The van der Waals surface area contributed by atoms with Gasteiger partial charge in [-0.1, -0.05) is 11.8 Å². The van der Waals surface area contributed by atoms with Crippen LogP contribution in [0.25, 0.3) is 0 Å². The Morgan fingerprint density at radius 2 is 2.14 bits per heavy atom. The molecule has 0 saturated carbocycles. The van der Waals surface area contributed by atoms with Crippen LogP contribution in [-0.4, -0.2) is 16.1 Å². The summed E-state index contributed by atoms with van der Waals surface area (Å²) in [7, 11) is 0. The van der Waals surface area contributed by atoms with Crippen molar-refractivity contribution >= 4 is 17.7 Å². The van der Waals surface area contributed by atoms with Gasteiger partial charge in [0, 0.05) is 5.69 Å². The van der Waals surface area contributed by atoms with Crippen LogP contribution >= 0.6 is 11.8 Å². The number of nitrogens with two attached hydrogens (primary N) is 1. The second-order valence-corrected chi connectivity index (χ2v) is 4.65. The van der Waals surface area contributed by atoms with Crippen molar-refractivity contribution < 1.29 is 4.79 Å². The number of nitrogens with zero attached hydrogens (tertiary/aromatic N) is 1. The second-order valence-electron chi connectivity index (χ2n) is 3.29. The minimum atomic E-state index is -0.309. The number of aromatic nitrogens is 1. The van der Waals surface area contributed by atoms with Gasteiger partial charge in [-0.3, -0.25) is 4.79 Å². The van der Waals surface area contributed by atoms with Gasteiger partial charge in [0.2, 0.25) is 5.91 Å². The van der Waals surface area contributed by atoms with Gasteiger partial charge in [0.25, 0.3) is 0 Å². The van der Waals surface area contributed by atoms with Crippen LogP contribution in [0, 0.1) is 13.8 Å². The number of carbonyl (C=O) groups is 1. The molecular weight excluding hydrogens is 196 g/mol. The van der Waals surface area contributed by atoms with E-state index >= 15 is 0 Å². The van der Waals surface area contributed by atoms with Crippen LogP contribution in [0.5, 0.6) is 0 Å². The molecular formula is C10H14N2OS. The standard InChI is InChI=1S/C10H14N2OS/c1-6-4-7(2)12-9(5-6)14-8(3)10(11)13/h4-5,8H,1-3H3,(H2,11,13).